The first-order chi connectivity index (χ1) is 9.63. The third-order valence-corrected chi connectivity index (χ3v) is 3.24. The summed E-state index contributed by atoms with van der Waals surface area (Å²) in [6.07, 6.45) is 4.93. The lowest BCUT2D eigenvalue weighted by Gasteiger charge is -2.25. The number of alkyl halides is 2. The van der Waals surface area contributed by atoms with Crippen molar-refractivity contribution in [3.8, 4) is 5.88 Å². The van der Waals surface area contributed by atoms with Crippen molar-refractivity contribution in [1.82, 2.24) is 15.6 Å². The van der Waals surface area contributed by atoms with E-state index in [1.54, 1.807) is 6.07 Å². The fourth-order valence-electron chi connectivity index (χ4n) is 1.89. The summed E-state index contributed by atoms with van der Waals surface area (Å²) < 4.78 is 28.3. The minimum Gasteiger partial charge on any atom is -0.417 e. The van der Waals surface area contributed by atoms with Crippen LogP contribution >= 0.6 is 0 Å². The number of halogens is 2. The minimum absolute atomic E-state index is 0.158. The van der Waals surface area contributed by atoms with E-state index < -0.39 is 6.61 Å². The van der Waals surface area contributed by atoms with Gasteiger partial charge in [0, 0.05) is 25.4 Å². The molecule has 2 rings (SSSR count). The SMILES string of the molecule is O=C(NCc1ccnc(OC(F)F)c1)NCC1CCC1. The lowest BCUT2D eigenvalue weighted by molar-refractivity contribution is -0.0528. The second-order valence-corrected chi connectivity index (χ2v) is 4.74. The monoisotopic (exact) mass is 285 g/mol. The number of carbonyl (C=O) groups excluding carboxylic acids is 1. The molecule has 7 heteroatoms. The Morgan fingerprint density at radius 2 is 2.25 bits per heavy atom. The number of amides is 2. The molecule has 1 aromatic heterocycles. The average Bonchev–Trinajstić information content (AvgIpc) is 2.34. The van der Waals surface area contributed by atoms with Crippen molar-refractivity contribution in [3.63, 3.8) is 0 Å². The molecule has 0 spiro atoms. The Kier molecular flexibility index (Phi) is 5.09. The van der Waals surface area contributed by atoms with Crippen LogP contribution in [-0.4, -0.2) is 24.2 Å². The quantitative estimate of drug-likeness (QED) is 0.843. The normalized spacial score (nSPS) is 14.8. The highest BCUT2D eigenvalue weighted by atomic mass is 19.3. The first kappa shape index (κ1) is 14.5. The lowest BCUT2D eigenvalue weighted by Crippen LogP contribution is -2.39. The molecule has 0 aliphatic heterocycles. The van der Waals surface area contributed by atoms with Crippen molar-refractivity contribution in [2.75, 3.05) is 6.54 Å². The van der Waals surface area contributed by atoms with E-state index in [9.17, 15) is 13.6 Å². The van der Waals surface area contributed by atoms with Crippen LogP contribution < -0.4 is 15.4 Å². The molecule has 1 aliphatic rings. The van der Waals surface area contributed by atoms with E-state index in [2.05, 4.69) is 20.4 Å². The van der Waals surface area contributed by atoms with Crippen LogP contribution in [0.15, 0.2) is 18.3 Å². The smallest absolute Gasteiger partial charge is 0.388 e. The molecule has 0 radical (unpaired) electrons. The summed E-state index contributed by atoms with van der Waals surface area (Å²) in [4.78, 5) is 15.2. The summed E-state index contributed by atoms with van der Waals surface area (Å²) in [7, 11) is 0. The molecule has 2 amide bonds. The molecule has 2 N–H and O–H groups in total. The van der Waals surface area contributed by atoms with Gasteiger partial charge in [0.2, 0.25) is 5.88 Å². The summed E-state index contributed by atoms with van der Waals surface area (Å²) in [5.41, 5.74) is 0.648. The number of aromatic nitrogens is 1. The van der Waals surface area contributed by atoms with Crippen molar-refractivity contribution in [2.45, 2.75) is 32.4 Å². The maximum absolute atomic E-state index is 12.0. The first-order valence-electron chi connectivity index (χ1n) is 6.55. The minimum atomic E-state index is -2.91. The number of urea groups is 1. The zero-order valence-corrected chi connectivity index (χ0v) is 10.9. The van der Waals surface area contributed by atoms with Gasteiger partial charge in [0.1, 0.15) is 0 Å². The Hall–Kier alpha value is -1.92. The van der Waals surface area contributed by atoms with Gasteiger partial charge in [-0.25, -0.2) is 9.78 Å². The highest BCUT2D eigenvalue weighted by Crippen LogP contribution is 2.25. The van der Waals surface area contributed by atoms with E-state index >= 15 is 0 Å². The molecule has 20 heavy (non-hydrogen) atoms. The van der Waals surface area contributed by atoms with Crippen LogP contribution in [0.25, 0.3) is 0 Å². The molecule has 0 aromatic carbocycles. The van der Waals surface area contributed by atoms with E-state index in [1.165, 1.54) is 31.5 Å². The van der Waals surface area contributed by atoms with Crippen molar-refractivity contribution < 1.29 is 18.3 Å². The van der Waals surface area contributed by atoms with Crippen LogP contribution in [0.1, 0.15) is 24.8 Å². The van der Waals surface area contributed by atoms with Crippen molar-refractivity contribution in [3.05, 3.63) is 23.9 Å². The maximum atomic E-state index is 12.0. The molecule has 110 valence electrons. The third-order valence-electron chi connectivity index (χ3n) is 3.24. The summed E-state index contributed by atoms with van der Waals surface area (Å²) in [5.74, 6) is 0.432. The molecule has 0 atom stereocenters. The average molecular weight is 285 g/mol. The van der Waals surface area contributed by atoms with Crippen molar-refractivity contribution in [1.29, 1.82) is 0 Å². The summed E-state index contributed by atoms with van der Waals surface area (Å²) in [6.45, 7) is -1.99. The first-order valence-corrected chi connectivity index (χ1v) is 6.55. The predicted octanol–water partition coefficient (Wildman–Crippen LogP) is 2.28. The standard InChI is InChI=1S/C13H17F2N3O2/c14-12(15)20-11-6-10(4-5-16-11)8-18-13(19)17-7-9-2-1-3-9/h4-6,9,12H,1-3,7-8H2,(H2,17,18,19). The molecule has 1 heterocycles. The molecule has 0 unspecified atom stereocenters. The summed E-state index contributed by atoms with van der Waals surface area (Å²) in [5, 5.41) is 5.45. The number of nitrogens with one attached hydrogen (secondary N) is 2. The summed E-state index contributed by atoms with van der Waals surface area (Å²) in [6, 6.07) is 2.74. The Bertz CT molecular complexity index is 453. The fraction of sp³-hybridized carbons (Fsp3) is 0.538. The lowest BCUT2D eigenvalue weighted by atomic mass is 9.85. The molecular formula is C13H17F2N3O2. The number of rotatable bonds is 6. The van der Waals surface area contributed by atoms with Crippen LogP contribution in [0.3, 0.4) is 0 Å². The molecule has 1 aromatic rings. The Labute approximate surface area is 115 Å². The van der Waals surface area contributed by atoms with Gasteiger partial charge in [-0.2, -0.15) is 8.78 Å². The molecular weight excluding hydrogens is 268 g/mol. The number of ether oxygens (including phenoxy) is 1. The highest BCUT2D eigenvalue weighted by Gasteiger charge is 2.17. The van der Waals surface area contributed by atoms with Gasteiger partial charge in [0.15, 0.2) is 0 Å². The van der Waals surface area contributed by atoms with E-state index in [4.69, 9.17) is 0 Å². The van der Waals surface area contributed by atoms with Gasteiger partial charge in [-0.1, -0.05) is 6.42 Å². The highest BCUT2D eigenvalue weighted by molar-refractivity contribution is 5.73. The third kappa shape index (κ3) is 4.64. The summed E-state index contributed by atoms with van der Waals surface area (Å²) >= 11 is 0. The van der Waals surface area contributed by atoms with Crippen LogP contribution in [-0.2, 0) is 6.54 Å². The number of hydrogen-bond acceptors (Lipinski definition) is 3. The van der Waals surface area contributed by atoms with Crippen molar-refractivity contribution in [2.24, 2.45) is 5.92 Å². The van der Waals surface area contributed by atoms with Gasteiger partial charge in [-0.15, -0.1) is 0 Å². The van der Waals surface area contributed by atoms with E-state index in [1.807, 2.05) is 0 Å². The molecule has 1 saturated carbocycles. The number of hydrogen-bond donors (Lipinski definition) is 2. The molecule has 1 aliphatic carbocycles. The van der Waals surface area contributed by atoms with Gasteiger partial charge < -0.3 is 15.4 Å². The predicted molar refractivity (Wildman–Crippen MR) is 68.4 cm³/mol. The molecule has 1 fully saturated rings. The van der Waals surface area contributed by atoms with Crippen LogP contribution in [0.5, 0.6) is 5.88 Å². The maximum Gasteiger partial charge on any atom is 0.388 e. The van der Waals surface area contributed by atoms with Gasteiger partial charge >= 0.3 is 12.6 Å². The number of nitrogens with zero attached hydrogens (tertiary/aromatic N) is 1. The van der Waals surface area contributed by atoms with E-state index in [0.717, 1.165) is 0 Å². The van der Waals surface area contributed by atoms with E-state index in [-0.39, 0.29) is 18.5 Å². The second kappa shape index (κ2) is 7.02. The zero-order chi connectivity index (χ0) is 14.4. The van der Waals surface area contributed by atoms with Gasteiger partial charge in [0.25, 0.3) is 0 Å². The van der Waals surface area contributed by atoms with Crippen LogP contribution in [0.4, 0.5) is 13.6 Å². The van der Waals surface area contributed by atoms with Gasteiger partial charge in [-0.3, -0.25) is 0 Å². The Balaban J connectivity index is 1.73. The zero-order valence-electron chi connectivity index (χ0n) is 10.9. The van der Waals surface area contributed by atoms with Crippen molar-refractivity contribution >= 4 is 6.03 Å². The largest absolute Gasteiger partial charge is 0.417 e. The molecule has 5 nitrogen and oxygen atoms in total. The van der Waals surface area contributed by atoms with Crippen LogP contribution in [0.2, 0.25) is 0 Å². The Morgan fingerprint density at radius 1 is 1.45 bits per heavy atom. The van der Waals surface area contributed by atoms with Gasteiger partial charge in [-0.05, 0) is 30.4 Å². The number of pyridine rings is 1. The van der Waals surface area contributed by atoms with E-state index in [0.29, 0.717) is 18.0 Å². The molecule has 0 bridgehead atoms. The second-order valence-electron chi connectivity index (χ2n) is 4.74. The Morgan fingerprint density at radius 3 is 2.90 bits per heavy atom. The van der Waals surface area contributed by atoms with Crippen LogP contribution in [0, 0.1) is 5.92 Å². The molecule has 0 saturated heterocycles. The van der Waals surface area contributed by atoms with Gasteiger partial charge in [0.05, 0.1) is 0 Å². The fourth-order valence-corrected chi connectivity index (χ4v) is 1.89. The topological polar surface area (TPSA) is 63.2 Å². The number of carbonyl (C=O) groups is 1.